The van der Waals surface area contributed by atoms with Gasteiger partial charge < -0.3 is 4.90 Å². The lowest BCUT2D eigenvalue weighted by Crippen LogP contribution is -2.44. The Morgan fingerprint density at radius 2 is 2.07 bits per heavy atom. The maximum atomic E-state index is 12.0. The van der Waals surface area contributed by atoms with Crippen LogP contribution in [0.25, 0.3) is 0 Å². The number of hydrogen-bond donors (Lipinski definition) is 0. The van der Waals surface area contributed by atoms with Gasteiger partial charge in [0, 0.05) is 20.0 Å². The van der Waals surface area contributed by atoms with Gasteiger partial charge in [-0.15, -0.1) is 0 Å². The first-order chi connectivity index (χ1) is 6.59. The fourth-order valence-electron chi connectivity index (χ4n) is 3.00. The molecule has 0 aromatic rings. The van der Waals surface area contributed by atoms with Gasteiger partial charge in [-0.25, -0.2) is 0 Å². The van der Waals surface area contributed by atoms with E-state index >= 15 is 0 Å². The third-order valence-electron chi connectivity index (χ3n) is 3.84. The second kappa shape index (κ2) is 3.07. The van der Waals surface area contributed by atoms with Gasteiger partial charge in [0.2, 0.25) is 5.91 Å². The van der Waals surface area contributed by atoms with Crippen molar-refractivity contribution in [3.05, 3.63) is 0 Å². The topological polar surface area (TPSA) is 37.4 Å². The highest BCUT2D eigenvalue weighted by Crippen LogP contribution is 2.45. The average Bonchev–Trinajstić information content (AvgIpc) is 2.36. The van der Waals surface area contributed by atoms with Crippen LogP contribution in [-0.2, 0) is 9.59 Å². The van der Waals surface area contributed by atoms with Crippen molar-refractivity contribution >= 4 is 11.7 Å². The van der Waals surface area contributed by atoms with E-state index in [9.17, 15) is 9.59 Å². The van der Waals surface area contributed by atoms with Crippen molar-refractivity contribution in [1.82, 2.24) is 4.90 Å². The van der Waals surface area contributed by atoms with Crippen LogP contribution in [0.1, 0.15) is 32.6 Å². The lowest BCUT2D eigenvalue weighted by Gasteiger charge is -2.32. The summed E-state index contributed by atoms with van der Waals surface area (Å²) in [5.74, 6) is 0.452. The van der Waals surface area contributed by atoms with Crippen LogP contribution in [0.3, 0.4) is 0 Å². The average molecular weight is 195 g/mol. The molecule has 1 saturated carbocycles. The zero-order valence-electron chi connectivity index (χ0n) is 8.88. The molecule has 0 N–H and O–H groups in total. The minimum Gasteiger partial charge on any atom is -0.345 e. The van der Waals surface area contributed by atoms with E-state index < -0.39 is 5.41 Å². The molecule has 3 nitrogen and oxygen atoms in total. The van der Waals surface area contributed by atoms with Gasteiger partial charge in [-0.05, 0) is 18.8 Å². The molecule has 0 unspecified atom stereocenters. The van der Waals surface area contributed by atoms with Crippen LogP contribution < -0.4 is 0 Å². The van der Waals surface area contributed by atoms with E-state index in [-0.39, 0.29) is 17.6 Å². The van der Waals surface area contributed by atoms with Crippen LogP contribution in [0.5, 0.6) is 0 Å². The number of carbonyl (C=O) groups excluding carboxylic acids is 2. The summed E-state index contributed by atoms with van der Waals surface area (Å²) in [7, 11) is 1.80. The molecule has 0 aromatic carbocycles. The zero-order valence-corrected chi connectivity index (χ0v) is 8.88. The Balaban J connectivity index is 2.36. The quantitative estimate of drug-likeness (QED) is 0.545. The molecular weight excluding hydrogens is 178 g/mol. The standard InChI is InChI=1S/C11H17NO2/c1-8-7-12(2)10(14)11(8)6-4-3-5-9(11)13/h8H,3-7H2,1-2H3/t8-,11+/m0/s1. The largest absolute Gasteiger partial charge is 0.345 e. The van der Waals surface area contributed by atoms with Crippen molar-refractivity contribution in [3.8, 4) is 0 Å². The Kier molecular flexibility index (Phi) is 2.13. The van der Waals surface area contributed by atoms with Gasteiger partial charge in [0.25, 0.3) is 0 Å². The smallest absolute Gasteiger partial charge is 0.236 e. The molecule has 1 spiro atoms. The molecule has 3 heteroatoms. The molecule has 2 fully saturated rings. The summed E-state index contributed by atoms with van der Waals surface area (Å²) in [6, 6.07) is 0. The van der Waals surface area contributed by atoms with Crippen LogP contribution in [-0.4, -0.2) is 30.2 Å². The van der Waals surface area contributed by atoms with E-state index in [1.807, 2.05) is 6.92 Å². The molecule has 78 valence electrons. The highest BCUT2D eigenvalue weighted by atomic mass is 16.2. The van der Waals surface area contributed by atoms with Crippen LogP contribution in [0.15, 0.2) is 0 Å². The maximum absolute atomic E-state index is 12.0. The highest BCUT2D eigenvalue weighted by molar-refractivity contribution is 6.08. The SMILES string of the molecule is C[C@H]1CN(C)C(=O)[C@]12CCCCC2=O. The lowest BCUT2D eigenvalue weighted by atomic mass is 9.67. The van der Waals surface area contributed by atoms with Gasteiger partial charge in [-0.3, -0.25) is 9.59 Å². The molecule has 2 aliphatic rings. The third-order valence-corrected chi connectivity index (χ3v) is 3.84. The van der Waals surface area contributed by atoms with E-state index in [2.05, 4.69) is 0 Å². The van der Waals surface area contributed by atoms with Gasteiger partial charge in [0.15, 0.2) is 0 Å². The first kappa shape index (κ1) is 9.69. The molecule has 1 amide bonds. The Bertz CT molecular complexity index is 287. The predicted octanol–water partition coefficient (Wildman–Crippen LogP) is 1.22. The van der Waals surface area contributed by atoms with Gasteiger partial charge in [-0.2, -0.15) is 0 Å². The molecule has 2 rings (SSSR count). The summed E-state index contributed by atoms with van der Waals surface area (Å²) in [5.41, 5.74) is -0.632. The van der Waals surface area contributed by atoms with Gasteiger partial charge in [-0.1, -0.05) is 13.3 Å². The van der Waals surface area contributed by atoms with Crippen LogP contribution in [0.4, 0.5) is 0 Å². The molecule has 14 heavy (non-hydrogen) atoms. The second-order valence-electron chi connectivity index (χ2n) is 4.69. The summed E-state index contributed by atoms with van der Waals surface area (Å²) in [6.07, 6.45) is 3.36. The lowest BCUT2D eigenvalue weighted by molar-refractivity contribution is -0.147. The molecular formula is C11H17NO2. The minimum atomic E-state index is -0.632. The molecule has 1 aliphatic carbocycles. The Labute approximate surface area is 84.5 Å². The van der Waals surface area contributed by atoms with Crippen molar-refractivity contribution < 1.29 is 9.59 Å². The van der Waals surface area contributed by atoms with E-state index in [0.717, 1.165) is 25.8 Å². The summed E-state index contributed by atoms with van der Waals surface area (Å²) in [4.78, 5) is 25.7. The van der Waals surface area contributed by atoms with E-state index in [1.165, 1.54) is 0 Å². The zero-order chi connectivity index (χ0) is 10.3. The normalized spacial score (nSPS) is 38.4. The van der Waals surface area contributed by atoms with E-state index in [0.29, 0.717) is 6.42 Å². The number of Topliss-reactive ketones (excluding diaryl/α,β-unsaturated/α-hetero) is 1. The Hall–Kier alpha value is -0.860. The van der Waals surface area contributed by atoms with Gasteiger partial charge in [0.1, 0.15) is 11.2 Å². The maximum Gasteiger partial charge on any atom is 0.236 e. The highest BCUT2D eigenvalue weighted by Gasteiger charge is 2.55. The number of hydrogen-bond acceptors (Lipinski definition) is 2. The first-order valence-electron chi connectivity index (χ1n) is 5.38. The van der Waals surface area contributed by atoms with Gasteiger partial charge in [0.05, 0.1) is 0 Å². The fourth-order valence-corrected chi connectivity index (χ4v) is 3.00. The molecule has 2 atom stereocenters. The van der Waals surface area contributed by atoms with Crippen LogP contribution in [0, 0.1) is 11.3 Å². The molecule has 1 saturated heterocycles. The van der Waals surface area contributed by atoms with Crippen molar-refractivity contribution in [1.29, 1.82) is 0 Å². The van der Waals surface area contributed by atoms with E-state index in [4.69, 9.17) is 0 Å². The first-order valence-corrected chi connectivity index (χ1v) is 5.38. The second-order valence-corrected chi connectivity index (χ2v) is 4.69. The van der Waals surface area contributed by atoms with Crippen molar-refractivity contribution in [3.63, 3.8) is 0 Å². The minimum absolute atomic E-state index is 0.0645. The Morgan fingerprint density at radius 1 is 1.36 bits per heavy atom. The summed E-state index contributed by atoms with van der Waals surface area (Å²) in [6.45, 7) is 2.77. The van der Waals surface area contributed by atoms with Crippen LogP contribution in [0.2, 0.25) is 0 Å². The molecule has 1 heterocycles. The van der Waals surface area contributed by atoms with Gasteiger partial charge >= 0.3 is 0 Å². The van der Waals surface area contributed by atoms with E-state index in [1.54, 1.807) is 11.9 Å². The molecule has 0 aromatic heterocycles. The Morgan fingerprint density at radius 3 is 2.57 bits per heavy atom. The number of rotatable bonds is 0. The van der Waals surface area contributed by atoms with Crippen molar-refractivity contribution in [2.24, 2.45) is 11.3 Å². The van der Waals surface area contributed by atoms with Crippen molar-refractivity contribution in [2.75, 3.05) is 13.6 Å². The third kappa shape index (κ3) is 1.04. The molecule has 1 aliphatic heterocycles. The number of ketones is 1. The van der Waals surface area contributed by atoms with Crippen LogP contribution >= 0.6 is 0 Å². The number of carbonyl (C=O) groups is 2. The number of nitrogens with zero attached hydrogens (tertiary/aromatic N) is 1. The summed E-state index contributed by atoms with van der Waals surface area (Å²) in [5, 5.41) is 0. The monoisotopic (exact) mass is 195 g/mol. The predicted molar refractivity (Wildman–Crippen MR) is 52.7 cm³/mol. The molecule has 0 radical (unpaired) electrons. The molecule has 0 bridgehead atoms. The fraction of sp³-hybridized carbons (Fsp3) is 0.818. The summed E-state index contributed by atoms with van der Waals surface area (Å²) >= 11 is 0. The van der Waals surface area contributed by atoms with Crippen molar-refractivity contribution in [2.45, 2.75) is 32.6 Å². The number of amides is 1. The number of likely N-dealkylation sites (tertiary alicyclic amines) is 1. The summed E-state index contributed by atoms with van der Waals surface area (Å²) < 4.78 is 0.